The topological polar surface area (TPSA) is 47.9 Å². The summed E-state index contributed by atoms with van der Waals surface area (Å²) in [6.45, 7) is 13.7. The number of thiophene rings is 1. The number of nitrogens with zero attached hydrogens (tertiary/aromatic N) is 3. The standard InChI is InChI=1S/C18H32N4OS/c1-7-19-17(21(6)13-16(23)22(8-2)9-3)20-14-18(4,5)15-11-10-12-24-15/h10-12H,7-9,13-14H2,1-6H3,(H,19,20). The van der Waals surface area contributed by atoms with E-state index in [0.29, 0.717) is 13.1 Å². The molecule has 0 aliphatic heterocycles. The zero-order chi connectivity index (χ0) is 18.2. The number of rotatable bonds is 8. The highest BCUT2D eigenvalue weighted by molar-refractivity contribution is 7.10. The normalized spacial score (nSPS) is 12.2. The quantitative estimate of drug-likeness (QED) is 0.578. The van der Waals surface area contributed by atoms with Gasteiger partial charge >= 0.3 is 0 Å². The summed E-state index contributed by atoms with van der Waals surface area (Å²) in [4.78, 5) is 22.2. The van der Waals surface area contributed by atoms with Crippen LogP contribution in [-0.4, -0.2) is 61.4 Å². The Bertz CT molecular complexity index is 521. The van der Waals surface area contributed by atoms with Crippen molar-refractivity contribution in [1.82, 2.24) is 15.1 Å². The molecule has 136 valence electrons. The minimum Gasteiger partial charge on any atom is -0.357 e. The van der Waals surface area contributed by atoms with Crippen LogP contribution < -0.4 is 5.32 Å². The van der Waals surface area contributed by atoms with E-state index in [1.54, 1.807) is 11.3 Å². The fraction of sp³-hybridized carbons (Fsp3) is 0.667. The molecule has 24 heavy (non-hydrogen) atoms. The van der Waals surface area contributed by atoms with Crippen molar-refractivity contribution in [2.75, 3.05) is 39.8 Å². The second kappa shape index (κ2) is 9.67. The lowest BCUT2D eigenvalue weighted by molar-refractivity contribution is -0.131. The maximum absolute atomic E-state index is 12.3. The molecule has 0 radical (unpaired) electrons. The minimum atomic E-state index is -0.0153. The molecule has 0 fully saturated rings. The third-order valence-electron chi connectivity index (χ3n) is 4.00. The summed E-state index contributed by atoms with van der Waals surface area (Å²) in [5.74, 6) is 0.910. The van der Waals surface area contributed by atoms with Crippen LogP contribution in [0.25, 0.3) is 0 Å². The van der Waals surface area contributed by atoms with Crippen LogP contribution in [0.4, 0.5) is 0 Å². The van der Waals surface area contributed by atoms with Crippen molar-refractivity contribution in [3.8, 4) is 0 Å². The third kappa shape index (κ3) is 5.82. The summed E-state index contributed by atoms with van der Waals surface area (Å²) in [6, 6.07) is 4.23. The molecule has 0 unspecified atom stereocenters. The lowest BCUT2D eigenvalue weighted by Gasteiger charge is -2.27. The number of guanidine groups is 1. The summed E-state index contributed by atoms with van der Waals surface area (Å²) in [6.07, 6.45) is 0. The number of carbonyl (C=O) groups is 1. The fourth-order valence-electron chi connectivity index (χ4n) is 2.44. The summed E-state index contributed by atoms with van der Waals surface area (Å²) in [7, 11) is 1.92. The number of likely N-dealkylation sites (N-methyl/N-ethyl adjacent to an activating group) is 2. The Morgan fingerprint density at radius 1 is 1.29 bits per heavy atom. The van der Waals surface area contributed by atoms with E-state index in [0.717, 1.165) is 25.6 Å². The number of hydrogen-bond acceptors (Lipinski definition) is 3. The molecule has 0 aliphatic rings. The van der Waals surface area contributed by atoms with Crippen LogP contribution in [0.2, 0.25) is 0 Å². The molecule has 0 saturated heterocycles. The largest absolute Gasteiger partial charge is 0.357 e. The maximum atomic E-state index is 12.3. The highest BCUT2D eigenvalue weighted by atomic mass is 32.1. The second-order valence-corrected chi connectivity index (χ2v) is 7.40. The Morgan fingerprint density at radius 3 is 2.46 bits per heavy atom. The number of amides is 1. The molecule has 0 bridgehead atoms. The first kappa shape index (κ1) is 20.5. The molecule has 1 amide bonds. The zero-order valence-corrected chi connectivity index (χ0v) is 16.7. The highest BCUT2D eigenvalue weighted by Crippen LogP contribution is 2.27. The van der Waals surface area contributed by atoms with Gasteiger partial charge in [-0.1, -0.05) is 19.9 Å². The molecule has 0 saturated carbocycles. The second-order valence-electron chi connectivity index (χ2n) is 6.45. The number of aliphatic imine (C=N–C) groups is 1. The van der Waals surface area contributed by atoms with Crippen molar-refractivity contribution < 1.29 is 4.79 Å². The van der Waals surface area contributed by atoms with E-state index in [4.69, 9.17) is 4.99 Å². The molecule has 1 aromatic heterocycles. The van der Waals surface area contributed by atoms with Crippen molar-refractivity contribution in [2.45, 2.75) is 40.0 Å². The van der Waals surface area contributed by atoms with Gasteiger partial charge in [-0.3, -0.25) is 9.79 Å². The predicted octanol–water partition coefficient (Wildman–Crippen LogP) is 2.79. The smallest absolute Gasteiger partial charge is 0.242 e. The molecule has 6 heteroatoms. The first-order chi connectivity index (χ1) is 11.4. The SMILES string of the molecule is CCNC(=NCC(C)(C)c1cccs1)N(C)CC(=O)N(CC)CC. The summed E-state index contributed by atoms with van der Waals surface area (Å²) < 4.78 is 0. The summed E-state index contributed by atoms with van der Waals surface area (Å²) in [5, 5.41) is 5.39. The first-order valence-corrected chi connectivity index (χ1v) is 9.54. The van der Waals surface area contributed by atoms with Crippen LogP contribution in [0.15, 0.2) is 22.5 Å². The van der Waals surface area contributed by atoms with Crippen molar-refractivity contribution in [3.05, 3.63) is 22.4 Å². The average molecular weight is 353 g/mol. The average Bonchev–Trinajstić information content (AvgIpc) is 3.07. The van der Waals surface area contributed by atoms with Crippen molar-refractivity contribution in [1.29, 1.82) is 0 Å². The third-order valence-corrected chi connectivity index (χ3v) is 5.23. The Morgan fingerprint density at radius 2 is 1.96 bits per heavy atom. The highest BCUT2D eigenvalue weighted by Gasteiger charge is 2.22. The Hall–Kier alpha value is -1.56. The summed E-state index contributed by atoms with van der Waals surface area (Å²) in [5.41, 5.74) is -0.0153. The molecule has 0 spiro atoms. The Balaban J connectivity index is 2.79. The van der Waals surface area contributed by atoms with E-state index < -0.39 is 0 Å². The summed E-state index contributed by atoms with van der Waals surface area (Å²) >= 11 is 1.76. The van der Waals surface area contributed by atoms with E-state index in [-0.39, 0.29) is 11.3 Å². The number of hydrogen-bond donors (Lipinski definition) is 1. The van der Waals surface area contributed by atoms with Gasteiger partial charge in [0, 0.05) is 37.0 Å². The zero-order valence-electron chi connectivity index (χ0n) is 15.9. The van der Waals surface area contributed by atoms with Gasteiger partial charge in [0.15, 0.2) is 5.96 Å². The van der Waals surface area contributed by atoms with Crippen molar-refractivity contribution in [2.24, 2.45) is 4.99 Å². The minimum absolute atomic E-state index is 0.0153. The fourth-order valence-corrected chi connectivity index (χ4v) is 3.28. The Labute approximate surface area is 150 Å². The molecule has 1 N–H and O–H groups in total. The van der Waals surface area contributed by atoms with Crippen LogP contribution in [0.1, 0.15) is 39.5 Å². The van der Waals surface area contributed by atoms with Gasteiger partial charge in [0.05, 0.1) is 13.1 Å². The maximum Gasteiger partial charge on any atom is 0.242 e. The molecule has 0 atom stereocenters. The molecular formula is C18H32N4OS. The molecular weight excluding hydrogens is 320 g/mol. The van der Waals surface area contributed by atoms with E-state index in [2.05, 4.69) is 36.7 Å². The van der Waals surface area contributed by atoms with Crippen molar-refractivity contribution in [3.63, 3.8) is 0 Å². The molecule has 0 aliphatic carbocycles. The van der Waals surface area contributed by atoms with Gasteiger partial charge in [0.1, 0.15) is 0 Å². The van der Waals surface area contributed by atoms with Gasteiger partial charge < -0.3 is 15.1 Å². The van der Waals surface area contributed by atoms with Crippen LogP contribution >= 0.6 is 11.3 Å². The predicted molar refractivity (Wildman–Crippen MR) is 104 cm³/mol. The number of carbonyl (C=O) groups excluding carboxylic acids is 1. The van der Waals surface area contributed by atoms with E-state index in [1.165, 1.54) is 4.88 Å². The molecule has 1 heterocycles. The van der Waals surface area contributed by atoms with E-state index in [9.17, 15) is 4.79 Å². The van der Waals surface area contributed by atoms with E-state index >= 15 is 0 Å². The lowest BCUT2D eigenvalue weighted by atomic mass is 9.92. The van der Waals surface area contributed by atoms with Gasteiger partial charge in [-0.15, -0.1) is 11.3 Å². The molecule has 1 aromatic rings. The van der Waals surface area contributed by atoms with Crippen LogP contribution in [0.3, 0.4) is 0 Å². The lowest BCUT2D eigenvalue weighted by Crippen LogP contribution is -2.46. The Kier molecular flexibility index (Phi) is 8.25. The molecule has 5 nitrogen and oxygen atoms in total. The van der Waals surface area contributed by atoms with Gasteiger partial charge in [0.2, 0.25) is 5.91 Å². The van der Waals surface area contributed by atoms with Gasteiger partial charge in [0.25, 0.3) is 0 Å². The van der Waals surface area contributed by atoms with Crippen molar-refractivity contribution >= 4 is 23.2 Å². The number of nitrogens with one attached hydrogen (secondary N) is 1. The van der Waals surface area contributed by atoms with Gasteiger partial charge in [-0.2, -0.15) is 0 Å². The van der Waals surface area contributed by atoms with Crippen LogP contribution in [0.5, 0.6) is 0 Å². The van der Waals surface area contributed by atoms with Gasteiger partial charge in [-0.05, 0) is 32.2 Å². The first-order valence-electron chi connectivity index (χ1n) is 8.66. The van der Waals surface area contributed by atoms with Gasteiger partial charge in [-0.25, -0.2) is 0 Å². The monoisotopic (exact) mass is 352 g/mol. The van der Waals surface area contributed by atoms with Crippen LogP contribution in [0, 0.1) is 0 Å². The van der Waals surface area contributed by atoms with E-state index in [1.807, 2.05) is 37.6 Å². The van der Waals surface area contributed by atoms with Crippen LogP contribution in [-0.2, 0) is 10.2 Å². The molecule has 1 rings (SSSR count). The molecule has 0 aromatic carbocycles.